The molecule has 1 aromatic heterocycles. The molecule has 0 aliphatic heterocycles. The lowest BCUT2D eigenvalue weighted by Gasteiger charge is -2.09. The number of rotatable bonds is 9. The predicted octanol–water partition coefficient (Wildman–Crippen LogP) is 4.04. The highest BCUT2D eigenvalue weighted by Gasteiger charge is 2.01. The van der Waals surface area contributed by atoms with Gasteiger partial charge in [0.25, 0.3) is 0 Å². The van der Waals surface area contributed by atoms with Crippen LogP contribution in [0.2, 0.25) is 0 Å². The van der Waals surface area contributed by atoms with Crippen LogP contribution in [-0.4, -0.2) is 23.1 Å². The largest absolute Gasteiger partial charge is 0.370 e. The first-order valence-corrected chi connectivity index (χ1v) is 8.15. The van der Waals surface area contributed by atoms with Crippen molar-refractivity contribution in [3.8, 4) is 0 Å². The first-order chi connectivity index (χ1) is 10.8. The molecule has 1 heterocycles. The van der Waals surface area contributed by atoms with E-state index in [9.17, 15) is 0 Å². The number of benzene rings is 1. The summed E-state index contributed by atoms with van der Waals surface area (Å²) in [5, 5.41) is 6.68. The van der Waals surface area contributed by atoms with E-state index in [0.717, 1.165) is 43.9 Å². The van der Waals surface area contributed by atoms with E-state index in [4.69, 9.17) is 0 Å². The molecule has 0 aliphatic carbocycles. The molecular weight excluding hydrogens is 272 g/mol. The summed E-state index contributed by atoms with van der Waals surface area (Å²) in [6.07, 6.45) is 4.48. The fourth-order valence-electron chi connectivity index (χ4n) is 2.27. The molecule has 22 heavy (non-hydrogen) atoms. The minimum absolute atomic E-state index is 0.715. The minimum Gasteiger partial charge on any atom is -0.370 e. The van der Waals surface area contributed by atoms with Gasteiger partial charge >= 0.3 is 0 Å². The summed E-state index contributed by atoms with van der Waals surface area (Å²) in [5.41, 5.74) is 2.36. The van der Waals surface area contributed by atoms with Gasteiger partial charge in [-0.25, -0.2) is 4.98 Å². The molecule has 0 saturated carbocycles. The maximum absolute atomic E-state index is 4.52. The van der Waals surface area contributed by atoms with Crippen LogP contribution >= 0.6 is 0 Å². The molecular formula is C18H26N4. The molecule has 4 nitrogen and oxygen atoms in total. The number of aromatic nitrogens is 2. The molecule has 0 amide bonds. The fourth-order valence-corrected chi connectivity index (χ4v) is 2.27. The Bertz CT molecular complexity index is 554. The molecule has 1 aromatic carbocycles. The fraction of sp³-hybridized carbons (Fsp3) is 0.444. The van der Waals surface area contributed by atoms with Crippen molar-refractivity contribution in [1.82, 2.24) is 9.97 Å². The number of unbranched alkanes of at least 4 members (excludes halogenated alkanes) is 1. The molecule has 2 aromatic rings. The first kappa shape index (κ1) is 16.3. The van der Waals surface area contributed by atoms with Crippen molar-refractivity contribution in [2.45, 2.75) is 39.5 Å². The Kier molecular flexibility index (Phi) is 6.68. The predicted molar refractivity (Wildman–Crippen MR) is 93.4 cm³/mol. The number of nitrogens with one attached hydrogen (secondary N) is 2. The molecule has 0 saturated heterocycles. The Labute approximate surface area is 133 Å². The quantitative estimate of drug-likeness (QED) is 0.686. The Morgan fingerprint density at radius 1 is 0.955 bits per heavy atom. The number of nitrogens with zero attached hydrogens (tertiary/aromatic N) is 2. The summed E-state index contributed by atoms with van der Waals surface area (Å²) in [6, 6.07) is 12.5. The topological polar surface area (TPSA) is 49.8 Å². The maximum Gasteiger partial charge on any atom is 0.224 e. The Balaban J connectivity index is 1.79. The van der Waals surface area contributed by atoms with Gasteiger partial charge in [-0.05, 0) is 31.7 Å². The number of hydrogen-bond donors (Lipinski definition) is 2. The van der Waals surface area contributed by atoms with Gasteiger partial charge in [0.2, 0.25) is 5.95 Å². The second kappa shape index (κ2) is 9.03. The molecule has 0 radical (unpaired) electrons. The van der Waals surface area contributed by atoms with Crippen LogP contribution in [0.15, 0.2) is 36.4 Å². The van der Waals surface area contributed by atoms with Gasteiger partial charge in [-0.1, -0.05) is 43.7 Å². The van der Waals surface area contributed by atoms with E-state index in [0.29, 0.717) is 5.95 Å². The highest BCUT2D eigenvalue weighted by molar-refractivity contribution is 5.42. The van der Waals surface area contributed by atoms with Gasteiger partial charge in [-0.3, -0.25) is 0 Å². The van der Waals surface area contributed by atoms with E-state index < -0.39 is 0 Å². The number of anilines is 2. The zero-order valence-electron chi connectivity index (χ0n) is 13.6. The molecule has 0 spiro atoms. The SMILES string of the molecule is CCCCNc1cc(C)nc(NCCCc2ccccc2)n1. The van der Waals surface area contributed by atoms with Crippen LogP contribution in [0.5, 0.6) is 0 Å². The lowest BCUT2D eigenvalue weighted by molar-refractivity contribution is 0.827. The zero-order valence-corrected chi connectivity index (χ0v) is 13.6. The highest BCUT2D eigenvalue weighted by atomic mass is 15.1. The molecule has 0 unspecified atom stereocenters. The Morgan fingerprint density at radius 3 is 2.50 bits per heavy atom. The average Bonchev–Trinajstić information content (AvgIpc) is 2.52. The lowest BCUT2D eigenvalue weighted by Crippen LogP contribution is -2.10. The standard InChI is InChI=1S/C18H26N4/c1-3-4-12-19-17-14-15(2)21-18(22-17)20-13-8-11-16-9-6-5-7-10-16/h5-7,9-10,14H,3-4,8,11-13H2,1-2H3,(H2,19,20,21,22). The molecule has 118 valence electrons. The van der Waals surface area contributed by atoms with Crippen molar-refractivity contribution in [3.05, 3.63) is 47.7 Å². The van der Waals surface area contributed by atoms with E-state index >= 15 is 0 Å². The van der Waals surface area contributed by atoms with Crippen LogP contribution in [0.25, 0.3) is 0 Å². The smallest absolute Gasteiger partial charge is 0.224 e. The van der Waals surface area contributed by atoms with E-state index in [1.54, 1.807) is 0 Å². The Hall–Kier alpha value is -2.10. The van der Waals surface area contributed by atoms with Crippen LogP contribution < -0.4 is 10.6 Å². The molecule has 0 bridgehead atoms. The van der Waals surface area contributed by atoms with Gasteiger partial charge < -0.3 is 10.6 Å². The van der Waals surface area contributed by atoms with Crippen molar-refractivity contribution in [1.29, 1.82) is 0 Å². The van der Waals surface area contributed by atoms with Crippen molar-refractivity contribution in [2.75, 3.05) is 23.7 Å². The highest BCUT2D eigenvalue weighted by Crippen LogP contribution is 2.10. The summed E-state index contributed by atoms with van der Waals surface area (Å²) in [4.78, 5) is 8.96. The second-order valence-electron chi connectivity index (χ2n) is 5.51. The summed E-state index contributed by atoms with van der Waals surface area (Å²) in [7, 11) is 0. The van der Waals surface area contributed by atoms with Gasteiger partial charge in [0.1, 0.15) is 5.82 Å². The molecule has 0 aliphatic rings. The molecule has 0 fully saturated rings. The van der Waals surface area contributed by atoms with Crippen molar-refractivity contribution in [3.63, 3.8) is 0 Å². The second-order valence-corrected chi connectivity index (χ2v) is 5.51. The summed E-state index contributed by atoms with van der Waals surface area (Å²) < 4.78 is 0. The van der Waals surface area contributed by atoms with Gasteiger partial charge in [0.15, 0.2) is 0 Å². The summed E-state index contributed by atoms with van der Waals surface area (Å²) in [6.45, 7) is 6.03. The average molecular weight is 298 g/mol. The van der Waals surface area contributed by atoms with E-state index in [1.165, 1.54) is 12.0 Å². The van der Waals surface area contributed by atoms with E-state index in [-0.39, 0.29) is 0 Å². The van der Waals surface area contributed by atoms with Gasteiger partial charge in [0, 0.05) is 24.8 Å². The van der Waals surface area contributed by atoms with Gasteiger partial charge in [-0.15, -0.1) is 0 Å². The van der Waals surface area contributed by atoms with Crippen molar-refractivity contribution >= 4 is 11.8 Å². The minimum atomic E-state index is 0.715. The lowest BCUT2D eigenvalue weighted by atomic mass is 10.1. The van der Waals surface area contributed by atoms with E-state index in [1.807, 2.05) is 13.0 Å². The van der Waals surface area contributed by atoms with Crippen LogP contribution in [0, 0.1) is 6.92 Å². The van der Waals surface area contributed by atoms with Crippen molar-refractivity contribution in [2.24, 2.45) is 0 Å². The molecule has 2 N–H and O–H groups in total. The summed E-state index contributed by atoms with van der Waals surface area (Å²) in [5.74, 6) is 1.62. The van der Waals surface area contributed by atoms with E-state index in [2.05, 4.69) is 57.9 Å². The molecule has 4 heteroatoms. The third-order valence-electron chi connectivity index (χ3n) is 3.46. The number of hydrogen-bond acceptors (Lipinski definition) is 4. The van der Waals surface area contributed by atoms with Crippen LogP contribution in [0.3, 0.4) is 0 Å². The van der Waals surface area contributed by atoms with Crippen LogP contribution in [0.1, 0.15) is 37.4 Å². The van der Waals surface area contributed by atoms with Gasteiger partial charge in [-0.2, -0.15) is 4.98 Å². The van der Waals surface area contributed by atoms with Crippen molar-refractivity contribution < 1.29 is 0 Å². The van der Waals surface area contributed by atoms with Crippen LogP contribution in [0.4, 0.5) is 11.8 Å². The van der Waals surface area contributed by atoms with Crippen LogP contribution in [-0.2, 0) is 6.42 Å². The molecule has 0 atom stereocenters. The normalized spacial score (nSPS) is 10.5. The monoisotopic (exact) mass is 298 g/mol. The Morgan fingerprint density at radius 2 is 1.73 bits per heavy atom. The van der Waals surface area contributed by atoms with Gasteiger partial charge in [0.05, 0.1) is 0 Å². The third-order valence-corrected chi connectivity index (χ3v) is 3.46. The molecule has 2 rings (SSSR count). The summed E-state index contributed by atoms with van der Waals surface area (Å²) >= 11 is 0. The maximum atomic E-state index is 4.52. The first-order valence-electron chi connectivity index (χ1n) is 8.15. The third kappa shape index (κ3) is 5.72. The zero-order chi connectivity index (χ0) is 15.6. The number of aryl methyl sites for hydroxylation is 2.